The molecule has 0 bridgehead atoms. The topological polar surface area (TPSA) is 52.6 Å². The Hall–Kier alpha value is -0.610. The number of rotatable bonds is 6. The van der Waals surface area contributed by atoms with Crippen LogP contribution in [0.15, 0.2) is 0 Å². The van der Waals surface area contributed by atoms with Crippen LogP contribution in [0.1, 0.15) is 33.6 Å². The molecule has 0 aliphatic carbocycles. The highest BCUT2D eigenvalue weighted by Gasteiger charge is 2.24. The van der Waals surface area contributed by atoms with Crippen LogP contribution in [0.25, 0.3) is 0 Å². The molecule has 4 nitrogen and oxygen atoms in total. The number of carboxylic acid groups (broad SMARTS) is 1. The molecule has 1 rings (SSSR count). The van der Waals surface area contributed by atoms with Crippen LogP contribution in [0.5, 0.6) is 0 Å². The first-order valence-corrected chi connectivity index (χ1v) is 6.18. The number of likely N-dealkylation sites (tertiary alicyclic amines) is 1. The van der Waals surface area contributed by atoms with Crippen LogP contribution in [0.2, 0.25) is 0 Å². The number of aliphatic carboxylic acids is 1. The fourth-order valence-electron chi connectivity index (χ4n) is 2.20. The van der Waals surface area contributed by atoms with Crippen molar-refractivity contribution in [1.29, 1.82) is 0 Å². The summed E-state index contributed by atoms with van der Waals surface area (Å²) in [4.78, 5) is 13.0. The summed E-state index contributed by atoms with van der Waals surface area (Å²) in [6.45, 7) is 9.65. The van der Waals surface area contributed by atoms with Gasteiger partial charge in [0.1, 0.15) is 0 Å². The number of nitrogens with zero attached hydrogens (tertiary/aromatic N) is 1. The average Bonchev–Trinajstić information content (AvgIpc) is 2.61. The van der Waals surface area contributed by atoms with Gasteiger partial charge in [-0.2, -0.15) is 0 Å². The van der Waals surface area contributed by atoms with Gasteiger partial charge in [-0.1, -0.05) is 0 Å². The minimum atomic E-state index is -0.727. The third kappa shape index (κ3) is 4.49. The van der Waals surface area contributed by atoms with E-state index in [1.165, 1.54) is 13.0 Å². The lowest BCUT2D eigenvalue weighted by Gasteiger charge is -2.21. The molecule has 0 spiro atoms. The molecule has 1 heterocycles. The summed E-state index contributed by atoms with van der Waals surface area (Å²) in [5, 5.41) is 12.0. The molecule has 94 valence electrons. The van der Waals surface area contributed by atoms with Gasteiger partial charge in [-0.3, -0.25) is 4.79 Å². The summed E-state index contributed by atoms with van der Waals surface area (Å²) < 4.78 is 0. The zero-order chi connectivity index (χ0) is 12.1. The third-order valence-corrected chi connectivity index (χ3v) is 3.28. The molecule has 0 amide bonds. The van der Waals surface area contributed by atoms with E-state index in [4.69, 9.17) is 5.11 Å². The van der Waals surface area contributed by atoms with Crippen molar-refractivity contribution in [3.05, 3.63) is 0 Å². The molecular formula is C12H24N2O2. The molecule has 1 saturated heterocycles. The summed E-state index contributed by atoms with van der Waals surface area (Å²) in [5.41, 5.74) is 0. The van der Waals surface area contributed by atoms with Crippen molar-refractivity contribution < 1.29 is 9.90 Å². The highest BCUT2D eigenvalue weighted by atomic mass is 16.4. The lowest BCUT2D eigenvalue weighted by molar-refractivity contribution is -0.137. The maximum atomic E-state index is 10.5. The largest absolute Gasteiger partial charge is 0.481 e. The van der Waals surface area contributed by atoms with Crippen molar-refractivity contribution in [3.8, 4) is 0 Å². The van der Waals surface area contributed by atoms with Crippen molar-refractivity contribution in [3.63, 3.8) is 0 Å². The number of carboxylic acids is 1. The first-order valence-electron chi connectivity index (χ1n) is 6.18. The molecule has 0 saturated carbocycles. The molecule has 2 unspecified atom stereocenters. The van der Waals surface area contributed by atoms with Gasteiger partial charge in [-0.25, -0.2) is 0 Å². The van der Waals surface area contributed by atoms with Crippen molar-refractivity contribution in [2.75, 3.05) is 19.6 Å². The summed E-state index contributed by atoms with van der Waals surface area (Å²) in [5.74, 6) is -0.0473. The molecule has 1 aliphatic heterocycles. The first-order chi connectivity index (χ1) is 7.49. The maximum absolute atomic E-state index is 10.5. The molecule has 0 aromatic heterocycles. The third-order valence-electron chi connectivity index (χ3n) is 3.28. The highest BCUT2D eigenvalue weighted by molar-refractivity contribution is 5.67. The van der Waals surface area contributed by atoms with Gasteiger partial charge in [-0.05, 0) is 46.2 Å². The molecule has 16 heavy (non-hydrogen) atoms. The molecule has 2 atom stereocenters. The summed E-state index contributed by atoms with van der Waals surface area (Å²) >= 11 is 0. The van der Waals surface area contributed by atoms with E-state index in [1.807, 2.05) is 6.92 Å². The summed E-state index contributed by atoms with van der Waals surface area (Å²) in [7, 11) is 0. The SMILES string of the molecule is CC(CC(=O)O)NCC1CCN(C(C)C)C1. The number of nitrogens with one attached hydrogen (secondary N) is 1. The normalized spacial score (nSPS) is 23.9. The van der Waals surface area contributed by atoms with Gasteiger partial charge in [0, 0.05) is 18.6 Å². The molecule has 2 N–H and O–H groups in total. The fraction of sp³-hybridized carbons (Fsp3) is 0.917. The van der Waals surface area contributed by atoms with Crippen LogP contribution in [-0.2, 0) is 4.79 Å². The van der Waals surface area contributed by atoms with Crippen molar-refractivity contribution >= 4 is 5.97 Å². The van der Waals surface area contributed by atoms with Gasteiger partial charge >= 0.3 is 5.97 Å². The van der Waals surface area contributed by atoms with E-state index in [2.05, 4.69) is 24.1 Å². The Balaban J connectivity index is 2.17. The van der Waals surface area contributed by atoms with E-state index in [0.717, 1.165) is 13.1 Å². The Morgan fingerprint density at radius 1 is 1.50 bits per heavy atom. The van der Waals surface area contributed by atoms with E-state index in [1.54, 1.807) is 0 Å². The predicted octanol–water partition coefficient (Wildman–Crippen LogP) is 1.17. The summed E-state index contributed by atoms with van der Waals surface area (Å²) in [6, 6.07) is 0.701. The Labute approximate surface area is 98.0 Å². The second-order valence-electron chi connectivity index (χ2n) is 5.15. The number of carbonyl (C=O) groups is 1. The molecule has 1 aliphatic rings. The molecule has 4 heteroatoms. The molecule has 0 radical (unpaired) electrons. The van der Waals surface area contributed by atoms with Crippen molar-refractivity contribution in [2.45, 2.75) is 45.7 Å². The Kier molecular flexibility index (Phi) is 5.22. The van der Waals surface area contributed by atoms with Crippen molar-refractivity contribution in [1.82, 2.24) is 10.2 Å². The van der Waals surface area contributed by atoms with Gasteiger partial charge in [0.25, 0.3) is 0 Å². The van der Waals surface area contributed by atoms with E-state index in [9.17, 15) is 4.79 Å². The van der Waals surface area contributed by atoms with Gasteiger partial charge < -0.3 is 15.3 Å². The molecular weight excluding hydrogens is 204 g/mol. The smallest absolute Gasteiger partial charge is 0.304 e. The lowest BCUT2D eigenvalue weighted by Crippen LogP contribution is -2.35. The second-order valence-corrected chi connectivity index (χ2v) is 5.15. The number of hydrogen-bond donors (Lipinski definition) is 2. The summed E-state index contributed by atoms with van der Waals surface area (Å²) in [6.07, 6.45) is 1.44. The monoisotopic (exact) mass is 228 g/mol. The van der Waals surface area contributed by atoms with E-state index in [-0.39, 0.29) is 12.5 Å². The lowest BCUT2D eigenvalue weighted by atomic mass is 10.1. The predicted molar refractivity (Wildman–Crippen MR) is 64.5 cm³/mol. The van der Waals surface area contributed by atoms with E-state index in [0.29, 0.717) is 12.0 Å². The van der Waals surface area contributed by atoms with Gasteiger partial charge in [-0.15, -0.1) is 0 Å². The van der Waals surface area contributed by atoms with Gasteiger partial charge in [0.05, 0.1) is 6.42 Å². The second kappa shape index (κ2) is 6.21. The Morgan fingerprint density at radius 2 is 2.19 bits per heavy atom. The molecule has 1 fully saturated rings. The highest BCUT2D eigenvalue weighted by Crippen LogP contribution is 2.17. The first kappa shape index (κ1) is 13.5. The van der Waals surface area contributed by atoms with Crippen LogP contribution < -0.4 is 5.32 Å². The number of hydrogen-bond acceptors (Lipinski definition) is 3. The van der Waals surface area contributed by atoms with Crippen LogP contribution in [0, 0.1) is 5.92 Å². The zero-order valence-corrected chi connectivity index (χ0v) is 10.6. The van der Waals surface area contributed by atoms with E-state index < -0.39 is 5.97 Å². The Bertz CT molecular complexity index is 231. The van der Waals surface area contributed by atoms with Crippen LogP contribution in [0.4, 0.5) is 0 Å². The molecule has 0 aromatic carbocycles. The van der Waals surface area contributed by atoms with Crippen molar-refractivity contribution in [2.24, 2.45) is 5.92 Å². The van der Waals surface area contributed by atoms with Crippen LogP contribution >= 0.6 is 0 Å². The minimum absolute atomic E-state index is 0.0746. The van der Waals surface area contributed by atoms with E-state index >= 15 is 0 Å². The van der Waals surface area contributed by atoms with Crippen LogP contribution in [0.3, 0.4) is 0 Å². The quantitative estimate of drug-likeness (QED) is 0.716. The minimum Gasteiger partial charge on any atom is -0.481 e. The standard InChI is InChI=1S/C12H24N2O2/c1-9(2)14-5-4-11(8-14)7-13-10(3)6-12(15)16/h9-11,13H,4-8H2,1-3H3,(H,15,16). The zero-order valence-electron chi connectivity index (χ0n) is 10.6. The average molecular weight is 228 g/mol. The van der Waals surface area contributed by atoms with Crippen LogP contribution in [-0.4, -0.2) is 47.7 Å². The molecule has 0 aromatic rings. The van der Waals surface area contributed by atoms with Gasteiger partial charge in [0.15, 0.2) is 0 Å². The maximum Gasteiger partial charge on any atom is 0.304 e. The van der Waals surface area contributed by atoms with Gasteiger partial charge in [0.2, 0.25) is 0 Å². The fourth-order valence-corrected chi connectivity index (χ4v) is 2.20. The Morgan fingerprint density at radius 3 is 2.69 bits per heavy atom.